The lowest BCUT2D eigenvalue weighted by atomic mass is 10.1. The molecule has 0 aliphatic carbocycles. The number of benzene rings is 1. The first-order valence-electron chi connectivity index (χ1n) is 5.33. The smallest absolute Gasteiger partial charge is 0.251 e. The van der Waals surface area contributed by atoms with Crippen LogP contribution in [0.25, 0.3) is 0 Å². The predicted octanol–water partition coefficient (Wildman–Crippen LogP) is 2.53. The Labute approximate surface area is 100 Å². The number of carbonyl (C=O) groups is 1. The van der Waals surface area contributed by atoms with Crippen LogP contribution in [0.4, 0.5) is 0 Å². The molecular weight excluding hydrogens is 226 g/mol. The fourth-order valence-electron chi connectivity index (χ4n) is 1.43. The quantitative estimate of drug-likeness (QED) is 0.779. The van der Waals surface area contributed by atoms with Crippen LogP contribution in [-0.2, 0) is 0 Å². The Kier molecular flexibility index (Phi) is 5.12. The lowest BCUT2D eigenvalue weighted by Crippen LogP contribution is -2.34. The normalized spacial score (nSPS) is 12.1. The summed E-state index contributed by atoms with van der Waals surface area (Å²) in [6.07, 6.45) is 1.60. The van der Waals surface area contributed by atoms with E-state index in [0.717, 1.165) is 12.8 Å². The van der Waals surface area contributed by atoms with Gasteiger partial charge in [-0.25, -0.2) is 0 Å². The number of nitrogens with one attached hydrogen (secondary N) is 1. The summed E-state index contributed by atoms with van der Waals surface area (Å²) in [7, 11) is 0. The molecule has 4 heteroatoms. The number of carbonyl (C=O) groups excluding carboxylic acids is 1. The Bertz CT molecular complexity index is 355. The summed E-state index contributed by atoms with van der Waals surface area (Å²) < 4.78 is 0. The van der Waals surface area contributed by atoms with Crippen molar-refractivity contribution >= 4 is 17.5 Å². The summed E-state index contributed by atoms with van der Waals surface area (Å²) in [5.74, 6) is 0.449. The second-order valence-corrected chi connectivity index (χ2v) is 3.98. The summed E-state index contributed by atoms with van der Waals surface area (Å²) in [6.45, 7) is 2.00. The Morgan fingerprint density at radius 3 is 2.88 bits per heavy atom. The van der Waals surface area contributed by atoms with Crippen LogP contribution >= 0.6 is 11.6 Å². The summed E-state index contributed by atoms with van der Waals surface area (Å²) in [4.78, 5) is 11.8. The van der Waals surface area contributed by atoms with Crippen LogP contribution in [0.5, 0.6) is 5.75 Å². The highest BCUT2D eigenvalue weighted by Crippen LogP contribution is 2.11. The molecule has 0 radical (unpaired) electrons. The van der Waals surface area contributed by atoms with Crippen molar-refractivity contribution in [3.8, 4) is 5.75 Å². The summed E-state index contributed by atoms with van der Waals surface area (Å²) in [6, 6.07) is 6.39. The van der Waals surface area contributed by atoms with E-state index in [9.17, 15) is 9.90 Å². The fourth-order valence-corrected chi connectivity index (χ4v) is 1.69. The molecule has 88 valence electrons. The molecule has 1 rings (SSSR count). The van der Waals surface area contributed by atoms with Crippen LogP contribution in [0.1, 0.15) is 30.1 Å². The van der Waals surface area contributed by atoms with Gasteiger partial charge in [-0.05, 0) is 31.0 Å². The van der Waals surface area contributed by atoms with E-state index in [4.69, 9.17) is 11.6 Å². The number of phenolic OH excluding ortho intramolecular Hbond substituents is 1. The van der Waals surface area contributed by atoms with Gasteiger partial charge in [0.05, 0.1) is 0 Å². The number of aromatic hydroxyl groups is 1. The first-order chi connectivity index (χ1) is 7.67. The minimum absolute atomic E-state index is 0.0901. The molecule has 0 bridgehead atoms. The van der Waals surface area contributed by atoms with Crippen LogP contribution in [0.3, 0.4) is 0 Å². The summed E-state index contributed by atoms with van der Waals surface area (Å²) in [5, 5.41) is 12.1. The lowest BCUT2D eigenvalue weighted by Gasteiger charge is -2.15. The van der Waals surface area contributed by atoms with Gasteiger partial charge in [0, 0.05) is 17.5 Å². The maximum absolute atomic E-state index is 11.8. The van der Waals surface area contributed by atoms with Gasteiger partial charge < -0.3 is 10.4 Å². The van der Waals surface area contributed by atoms with Crippen molar-refractivity contribution in [2.75, 3.05) is 5.88 Å². The largest absolute Gasteiger partial charge is 0.508 e. The standard InChI is InChI=1S/C12H16ClNO2/c1-2-10(6-7-13)14-12(16)9-4-3-5-11(15)8-9/h3-5,8,10,15H,2,6-7H2,1H3,(H,14,16). The third-order valence-electron chi connectivity index (χ3n) is 2.39. The zero-order valence-electron chi connectivity index (χ0n) is 9.24. The van der Waals surface area contributed by atoms with Gasteiger partial charge in [-0.1, -0.05) is 13.0 Å². The molecule has 0 saturated heterocycles. The van der Waals surface area contributed by atoms with Crippen molar-refractivity contribution in [3.63, 3.8) is 0 Å². The third kappa shape index (κ3) is 3.74. The number of rotatable bonds is 5. The van der Waals surface area contributed by atoms with Gasteiger partial charge in [0.2, 0.25) is 0 Å². The molecular formula is C12H16ClNO2. The number of hydrogen-bond acceptors (Lipinski definition) is 2. The predicted molar refractivity (Wildman–Crippen MR) is 65.0 cm³/mol. The van der Waals surface area contributed by atoms with Crippen molar-refractivity contribution < 1.29 is 9.90 Å². The molecule has 0 heterocycles. The first kappa shape index (κ1) is 12.8. The van der Waals surface area contributed by atoms with Crippen molar-refractivity contribution in [2.45, 2.75) is 25.8 Å². The average molecular weight is 242 g/mol. The van der Waals surface area contributed by atoms with Crippen LogP contribution in [0.2, 0.25) is 0 Å². The first-order valence-corrected chi connectivity index (χ1v) is 5.86. The molecule has 1 aromatic rings. The number of halogens is 1. The van der Waals surface area contributed by atoms with E-state index in [2.05, 4.69) is 5.32 Å². The highest BCUT2D eigenvalue weighted by Gasteiger charge is 2.11. The van der Waals surface area contributed by atoms with Gasteiger partial charge in [0.25, 0.3) is 5.91 Å². The van der Waals surface area contributed by atoms with Gasteiger partial charge in [0.1, 0.15) is 5.75 Å². The Morgan fingerprint density at radius 1 is 1.56 bits per heavy atom. The molecule has 0 aliphatic heterocycles. The van der Waals surface area contributed by atoms with Crippen LogP contribution < -0.4 is 5.32 Å². The zero-order valence-corrected chi connectivity index (χ0v) is 10.00. The number of hydrogen-bond donors (Lipinski definition) is 2. The van der Waals surface area contributed by atoms with Crippen molar-refractivity contribution in [2.24, 2.45) is 0 Å². The second-order valence-electron chi connectivity index (χ2n) is 3.61. The summed E-state index contributed by atoms with van der Waals surface area (Å²) >= 11 is 5.64. The van der Waals surface area contributed by atoms with Crippen LogP contribution in [0.15, 0.2) is 24.3 Å². The van der Waals surface area contributed by atoms with Crippen molar-refractivity contribution in [1.29, 1.82) is 0 Å². The Morgan fingerprint density at radius 2 is 2.31 bits per heavy atom. The van der Waals surface area contributed by atoms with E-state index in [1.807, 2.05) is 6.92 Å². The Hall–Kier alpha value is -1.22. The highest BCUT2D eigenvalue weighted by atomic mass is 35.5. The monoisotopic (exact) mass is 241 g/mol. The van der Waals surface area contributed by atoms with Crippen LogP contribution in [-0.4, -0.2) is 22.9 Å². The minimum Gasteiger partial charge on any atom is -0.508 e. The van der Waals surface area contributed by atoms with Crippen molar-refractivity contribution in [1.82, 2.24) is 5.32 Å². The average Bonchev–Trinajstić information content (AvgIpc) is 2.28. The molecule has 1 aromatic carbocycles. The maximum Gasteiger partial charge on any atom is 0.251 e. The molecule has 0 fully saturated rings. The van der Waals surface area contributed by atoms with Gasteiger partial charge in [-0.15, -0.1) is 11.6 Å². The van der Waals surface area contributed by atoms with Crippen LogP contribution in [0, 0.1) is 0 Å². The van der Waals surface area contributed by atoms with E-state index in [1.54, 1.807) is 12.1 Å². The van der Waals surface area contributed by atoms with Gasteiger partial charge in [-0.3, -0.25) is 4.79 Å². The Balaban J connectivity index is 2.64. The van der Waals surface area contributed by atoms with E-state index in [1.165, 1.54) is 12.1 Å². The van der Waals surface area contributed by atoms with E-state index < -0.39 is 0 Å². The molecule has 1 unspecified atom stereocenters. The van der Waals surface area contributed by atoms with E-state index in [0.29, 0.717) is 11.4 Å². The molecule has 0 aromatic heterocycles. The number of phenols is 1. The number of alkyl halides is 1. The van der Waals surface area contributed by atoms with Gasteiger partial charge in [-0.2, -0.15) is 0 Å². The van der Waals surface area contributed by atoms with E-state index >= 15 is 0 Å². The molecule has 1 amide bonds. The molecule has 3 nitrogen and oxygen atoms in total. The zero-order chi connectivity index (χ0) is 12.0. The molecule has 0 spiro atoms. The van der Waals surface area contributed by atoms with Crippen molar-refractivity contribution in [3.05, 3.63) is 29.8 Å². The van der Waals surface area contributed by atoms with Gasteiger partial charge >= 0.3 is 0 Å². The second kappa shape index (κ2) is 6.38. The SMILES string of the molecule is CCC(CCCl)NC(=O)c1cccc(O)c1. The fraction of sp³-hybridized carbons (Fsp3) is 0.417. The number of amides is 1. The summed E-state index contributed by atoms with van der Waals surface area (Å²) in [5.41, 5.74) is 0.466. The molecule has 0 saturated carbocycles. The van der Waals surface area contributed by atoms with E-state index in [-0.39, 0.29) is 17.7 Å². The molecule has 0 aliphatic rings. The highest BCUT2D eigenvalue weighted by molar-refractivity contribution is 6.17. The molecule has 2 N–H and O–H groups in total. The minimum atomic E-state index is -0.173. The van der Waals surface area contributed by atoms with Gasteiger partial charge in [0.15, 0.2) is 0 Å². The topological polar surface area (TPSA) is 49.3 Å². The molecule has 16 heavy (non-hydrogen) atoms. The molecule has 1 atom stereocenters. The lowest BCUT2D eigenvalue weighted by molar-refractivity contribution is 0.0934. The third-order valence-corrected chi connectivity index (χ3v) is 2.61. The maximum atomic E-state index is 11.8.